The van der Waals surface area contributed by atoms with Crippen LogP contribution in [0, 0.1) is 5.41 Å². The molecule has 0 saturated heterocycles. The van der Waals surface area contributed by atoms with E-state index in [1.807, 2.05) is 43.3 Å². The number of hydrogen-bond acceptors (Lipinski definition) is 3. The van der Waals surface area contributed by atoms with E-state index in [1.54, 1.807) is 13.8 Å². The number of carbonyl (C=O) groups excluding carboxylic acids is 1. The van der Waals surface area contributed by atoms with E-state index in [-0.39, 0.29) is 10.9 Å². The monoisotopic (exact) mass is 265 g/mol. The van der Waals surface area contributed by atoms with E-state index in [0.717, 1.165) is 11.4 Å². The summed E-state index contributed by atoms with van der Waals surface area (Å²) in [6, 6.07) is 7.58. The zero-order chi connectivity index (χ0) is 13.9. The largest absolute Gasteiger partial charge is 0.392 e. The third-order valence-corrected chi connectivity index (χ3v) is 3.33. The lowest BCUT2D eigenvalue weighted by Gasteiger charge is -2.24. The summed E-state index contributed by atoms with van der Waals surface area (Å²) in [5, 5.41) is 2.87. The molecule has 0 unspecified atom stereocenters. The summed E-state index contributed by atoms with van der Waals surface area (Å²) in [6.45, 7) is 3.42. The maximum Gasteiger partial charge on any atom is 0.236 e. The summed E-state index contributed by atoms with van der Waals surface area (Å²) in [6.07, 6.45) is 0. The summed E-state index contributed by atoms with van der Waals surface area (Å²) in [4.78, 5) is 14.3. The molecule has 3 N–H and O–H groups in total. The predicted octanol–water partition coefficient (Wildman–Crippen LogP) is 2.00. The molecule has 0 bridgehead atoms. The number of benzene rings is 1. The van der Waals surface area contributed by atoms with Crippen LogP contribution in [0.3, 0.4) is 0 Å². The zero-order valence-electron chi connectivity index (χ0n) is 11.2. The highest BCUT2D eigenvalue weighted by Gasteiger charge is 2.31. The maximum atomic E-state index is 12.2. The molecule has 5 heteroatoms. The molecule has 0 fully saturated rings. The van der Waals surface area contributed by atoms with Gasteiger partial charge in [0.15, 0.2) is 0 Å². The Morgan fingerprint density at radius 1 is 1.33 bits per heavy atom. The Bertz CT molecular complexity index is 469. The van der Waals surface area contributed by atoms with E-state index in [0.29, 0.717) is 0 Å². The van der Waals surface area contributed by atoms with Crippen molar-refractivity contribution in [2.45, 2.75) is 13.8 Å². The van der Waals surface area contributed by atoms with Gasteiger partial charge in [-0.25, -0.2) is 0 Å². The molecule has 4 nitrogen and oxygen atoms in total. The number of anilines is 2. The standard InChI is InChI=1S/C13H19N3OS/c1-13(2,11(14)18)12(17)15-9-7-5-6-8-10(9)16(3)4/h5-8H,1-4H3,(H2,14,18)(H,15,17). The fourth-order valence-corrected chi connectivity index (χ4v) is 1.45. The molecule has 0 radical (unpaired) electrons. The molecule has 18 heavy (non-hydrogen) atoms. The molecule has 0 aliphatic heterocycles. The van der Waals surface area contributed by atoms with Crippen LogP contribution in [0.2, 0.25) is 0 Å². The summed E-state index contributed by atoms with van der Waals surface area (Å²) < 4.78 is 0. The van der Waals surface area contributed by atoms with Crippen LogP contribution in [0.4, 0.5) is 11.4 Å². The third kappa shape index (κ3) is 2.98. The van der Waals surface area contributed by atoms with Gasteiger partial charge in [-0.1, -0.05) is 24.4 Å². The molecular weight excluding hydrogens is 246 g/mol. The highest BCUT2D eigenvalue weighted by Crippen LogP contribution is 2.26. The molecule has 98 valence electrons. The molecule has 1 aromatic rings. The molecular formula is C13H19N3OS. The van der Waals surface area contributed by atoms with E-state index in [9.17, 15) is 4.79 Å². The van der Waals surface area contributed by atoms with Gasteiger partial charge in [-0.05, 0) is 26.0 Å². The number of nitrogens with two attached hydrogens (primary N) is 1. The molecule has 0 atom stereocenters. The second-order valence-corrected chi connectivity index (χ2v) is 5.29. The van der Waals surface area contributed by atoms with Crippen molar-refractivity contribution in [2.75, 3.05) is 24.3 Å². The first-order valence-electron chi connectivity index (χ1n) is 5.64. The van der Waals surface area contributed by atoms with Crippen molar-refractivity contribution in [1.82, 2.24) is 0 Å². The van der Waals surface area contributed by atoms with Crippen LogP contribution in [-0.2, 0) is 4.79 Å². The van der Waals surface area contributed by atoms with Crippen LogP contribution in [-0.4, -0.2) is 25.0 Å². The molecule has 1 rings (SSSR count). The highest BCUT2D eigenvalue weighted by molar-refractivity contribution is 7.80. The minimum absolute atomic E-state index is 0.183. The Balaban J connectivity index is 2.99. The smallest absolute Gasteiger partial charge is 0.236 e. The Morgan fingerprint density at radius 3 is 2.39 bits per heavy atom. The molecule has 1 aromatic carbocycles. The van der Waals surface area contributed by atoms with Gasteiger partial charge >= 0.3 is 0 Å². The van der Waals surface area contributed by atoms with Gasteiger partial charge < -0.3 is 16.0 Å². The van der Waals surface area contributed by atoms with Crippen molar-refractivity contribution < 1.29 is 4.79 Å². The molecule has 0 spiro atoms. The molecule has 1 amide bonds. The van der Waals surface area contributed by atoms with Crippen molar-refractivity contribution in [3.8, 4) is 0 Å². The first-order valence-corrected chi connectivity index (χ1v) is 6.05. The van der Waals surface area contributed by atoms with Gasteiger partial charge in [-0.2, -0.15) is 0 Å². The lowest BCUT2D eigenvalue weighted by atomic mass is 9.92. The Morgan fingerprint density at radius 2 is 1.89 bits per heavy atom. The maximum absolute atomic E-state index is 12.2. The fraction of sp³-hybridized carbons (Fsp3) is 0.385. The Hall–Kier alpha value is -1.62. The summed E-state index contributed by atoms with van der Waals surface area (Å²) in [5.74, 6) is -0.204. The number of nitrogens with zero attached hydrogens (tertiary/aromatic N) is 1. The van der Waals surface area contributed by atoms with Crippen LogP contribution in [0.15, 0.2) is 24.3 Å². The lowest BCUT2D eigenvalue weighted by Crippen LogP contribution is -2.41. The van der Waals surface area contributed by atoms with Crippen molar-refractivity contribution in [1.29, 1.82) is 0 Å². The molecule has 0 aliphatic rings. The van der Waals surface area contributed by atoms with Gasteiger partial charge in [0.05, 0.1) is 21.8 Å². The normalized spacial score (nSPS) is 10.9. The number of hydrogen-bond donors (Lipinski definition) is 2. The van der Waals surface area contributed by atoms with E-state index >= 15 is 0 Å². The highest BCUT2D eigenvalue weighted by atomic mass is 32.1. The molecule has 0 aliphatic carbocycles. The van der Waals surface area contributed by atoms with Crippen LogP contribution >= 0.6 is 12.2 Å². The minimum atomic E-state index is -0.866. The predicted molar refractivity (Wildman–Crippen MR) is 80.0 cm³/mol. The molecule has 0 aromatic heterocycles. The summed E-state index contributed by atoms with van der Waals surface area (Å²) in [7, 11) is 3.84. The summed E-state index contributed by atoms with van der Waals surface area (Å²) >= 11 is 4.92. The van der Waals surface area contributed by atoms with E-state index in [1.165, 1.54) is 0 Å². The van der Waals surface area contributed by atoms with Crippen molar-refractivity contribution in [3.63, 3.8) is 0 Å². The molecule has 0 saturated carbocycles. The first-order chi connectivity index (χ1) is 8.26. The van der Waals surface area contributed by atoms with Gasteiger partial charge in [-0.3, -0.25) is 4.79 Å². The van der Waals surface area contributed by atoms with Gasteiger partial charge in [0.2, 0.25) is 5.91 Å². The van der Waals surface area contributed by atoms with Crippen molar-refractivity contribution >= 4 is 34.5 Å². The number of amides is 1. The van der Waals surface area contributed by atoms with E-state index in [2.05, 4.69) is 5.32 Å². The Kier molecular flexibility index (Phi) is 4.29. The SMILES string of the molecule is CN(C)c1ccccc1NC(=O)C(C)(C)C(N)=S. The van der Waals surface area contributed by atoms with Crippen molar-refractivity contribution in [3.05, 3.63) is 24.3 Å². The second-order valence-electron chi connectivity index (χ2n) is 4.85. The quantitative estimate of drug-likeness (QED) is 0.818. The summed E-state index contributed by atoms with van der Waals surface area (Å²) in [5.41, 5.74) is 6.40. The van der Waals surface area contributed by atoms with Crippen molar-refractivity contribution in [2.24, 2.45) is 11.1 Å². The second kappa shape index (κ2) is 5.35. The van der Waals surface area contributed by atoms with Crippen LogP contribution in [0.1, 0.15) is 13.8 Å². The molecule has 0 heterocycles. The van der Waals surface area contributed by atoms with Crippen LogP contribution in [0.5, 0.6) is 0 Å². The number of thiocarbonyl (C=S) groups is 1. The average Bonchev–Trinajstić information content (AvgIpc) is 2.29. The lowest BCUT2D eigenvalue weighted by molar-refractivity contribution is -0.121. The number of para-hydroxylation sites is 2. The zero-order valence-corrected chi connectivity index (χ0v) is 12.0. The van der Waals surface area contributed by atoms with Crippen LogP contribution in [0.25, 0.3) is 0 Å². The van der Waals surface area contributed by atoms with E-state index < -0.39 is 5.41 Å². The average molecular weight is 265 g/mol. The topological polar surface area (TPSA) is 58.4 Å². The third-order valence-electron chi connectivity index (χ3n) is 2.82. The first kappa shape index (κ1) is 14.4. The Labute approximate surface area is 113 Å². The van der Waals surface area contributed by atoms with Gasteiger partial charge in [0, 0.05) is 14.1 Å². The number of carbonyl (C=O) groups is 1. The number of rotatable bonds is 4. The number of nitrogens with one attached hydrogen (secondary N) is 1. The fourth-order valence-electron chi connectivity index (χ4n) is 1.36. The van der Waals surface area contributed by atoms with Crippen LogP contribution < -0.4 is 16.0 Å². The van der Waals surface area contributed by atoms with Gasteiger partial charge in [0.1, 0.15) is 0 Å². The van der Waals surface area contributed by atoms with Gasteiger partial charge in [-0.15, -0.1) is 0 Å². The van der Waals surface area contributed by atoms with Gasteiger partial charge in [0.25, 0.3) is 0 Å². The minimum Gasteiger partial charge on any atom is -0.392 e. The van der Waals surface area contributed by atoms with E-state index in [4.69, 9.17) is 18.0 Å².